The van der Waals surface area contributed by atoms with E-state index in [0.29, 0.717) is 0 Å². The van der Waals surface area contributed by atoms with Crippen LogP contribution in [0.4, 0.5) is 0 Å². The van der Waals surface area contributed by atoms with Crippen molar-refractivity contribution >= 4 is 0 Å². The molecule has 1 heterocycles. The summed E-state index contributed by atoms with van der Waals surface area (Å²) in [5.41, 5.74) is 1.46. The van der Waals surface area contributed by atoms with Crippen LogP contribution in [0.2, 0.25) is 0 Å². The van der Waals surface area contributed by atoms with Crippen molar-refractivity contribution in [3.63, 3.8) is 0 Å². The fraction of sp³-hybridized carbons (Fsp3) is 0.769. The molecule has 0 aromatic carbocycles. The Kier molecular flexibility index (Phi) is 3.33. The average molecular weight is 221 g/mol. The van der Waals surface area contributed by atoms with E-state index in [1.54, 1.807) is 0 Å². The van der Waals surface area contributed by atoms with Crippen LogP contribution in [0, 0.1) is 5.92 Å². The Balaban J connectivity index is 1.82. The van der Waals surface area contributed by atoms with E-state index in [1.807, 2.05) is 6.20 Å². The van der Waals surface area contributed by atoms with Gasteiger partial charge in [0.15, 0.2) is 0 Å². The summed E-state index contributed by atoms with van der Waals surface area (Å²) in [6.45, 7) is 8.58. The first-order valence-corrected chi connectivity index (χ1v) is 6.29. The minimum Gasteiger partial charge on any atom is -0.308 e. The Bertz CT molecular complexity index is 331. The van der Waals surface area contributed by atoms with E-state index >= 15 is 0 Å². The zero-order valence-electron chi connectivity index (χ0n) is 10.7. The zero-order chi connectivity index (χ0) is 11.6. The van der Waals surface area contributed by atoms with Crippen molar-refractivity contribution in [2.45, 2.75) is 58.7 Å². The molecule has 1 aliphatic rings. The van der Waals surface area contributed by atoms with Crippen LogP contribution in [0.1, 0.15) is 45.6 Å². The van der Waals surface area contributed by atoms with Gasteiger partial charge < -0.3 is 5.32 Å². The maximum atomic E-state index is 4.42. The standard InChI is InChI=1S/C13H23N3/c1-13(2,3)14-7-12-8-15-16(10-12)9-11-5-4-6-11/h8,10-11,14H,4-7,9H2,1-3H3. The molecule has 0 aliphatic heterocycles. The van der Waals surface area contributed by atoms with Crippen molar-refractivity contribution < 1.29 is 0 Å². The molecule has 2 rings (SSSR count). The molecule has 0 saturated heterocycles. The van der Waals surface area contributed by atoms with Crippen LogP contribution in [0.3, 0.4) is 0 Å². The van der Waals surface area contributed by atoms with Gasteiger partial charge in [-0.15, -0.1) is 0 Å². The summed E-state index contributed by atoms with van der Waals surface area (Å²) in [7, 11) is 0. The van der Waals surface area contributed by atoms with E-state index in [0.717, 1.165) is 19.0 Å². The first kappa shape index (κ1) is 11.6. The van der Waals surface area contributed by atoms with Crippen molar-refractivity contribution in [3.8, 4) is 0 Å². The molecule has 0 amide bonds. The van der Waals surface area contributed by atoms with Crippen LogP contribution in [0.15, 0.2) is 12.4 Å². The molecule has 1 fully saturated rings. The summed E-state index contributed by atoms with van der Waals surface area (Å²) in [5, 5.41) is 7.89. The van der Waals surface area contributed by atoms with Crippen molar-refractivity contribution in [1.29, 1.82) is 0 Å². The Hall–Kier alpha value is -0.830. The number of hydrogen-bond acceptors (Lipinski definition) is 2. The maximum Gasteiger partial charge on any atom is 0.0534 e. The van der Waals surface area contributed by atoms with Gasteiger partial charge in [0.25, 0.3) is 0 Å². The lowest BCUT2D eigenvalue weighted by molar-refractivity contribution is 0.266. The fourth-order valence-electron chi connectivity index (χ4n) is 1.90. The third-order valence-electron chi connectivity index (χ3n) is 3.18. The van der Waals surface area contributed by atoms with Crippen LogP contribution in [0.25, 0.3) is 0 Å². The number of rotatable bonds is 4. The third-order valence-corrected chi connectivity index (χ3v) is 3.18. The number of hydrogen-bond donors (Lipinski definition) is 1. The van der Waals surface area contributed by atoms with E-state index in [9.17, 15) is 0 Å². The number of aromatic nitrogens is 2. The molecule has 16 heavy (non-hydrogen) atoms. The van der Waals surface area contributed by atoms with Crippen LogP contribution < -0.4 is 5.32 Å². The van der Waals surface area contributed by atoms with E-state index in [-0.39, 0.29) is 5.54 Å². The van der Waals surface area contributed by atoms with Gasteiger partial charge in [-0.1, -0.05) is 6.42 Å². The average Bonchev–Trinajstić information content (AvgIpc) is 2.55. The SMILES string of the molecule is CC(C)(C)NCc1cnn(CC2CCC2)c1. The van der Waals surface area contributed by atoms with Gasteiger partial charge in [0.2, 0.25) is 0 Å². The monoisotopic (exact) mass is 221 g/mol. The zero-order valence-corrected chi connectivity index (χ0v) is 10.7. The Labute approximate surface area is 98.2 Å². The van der Waals surface area contributed by atoms with Crippen molar-refractivity contribution in [2.75, 3.05) is 0 Å². The molecule has 3 heteroatoms. The quantitative estimate of drug-likeness (QED) is 0.847. The van der Waals surface area contributed by atoms with Crippen LogP contribution in [-0.2, 0) is 13.1 Å². The minimum absolute atomic E-state index is 0.177. The molecule has 90 valence electrons. The van der Waals surface area contributed by atoms with E-state index in [2.05, 4.69) is 42.1 Å². The van der Waals surface area contributed by atoms with Gasteiger partial charge in [0, 0.05) is 30.4 Å². The second-order valence-corrected chi connectivity index (χ2v) is 5.97. The summed E-state index contributed by atoms with van der Waals surface area (Å²) >= 11 is 0. The normalized spacial score (nSPS) is 17.4. The second-order valence-electron chi connectivity index (χ2n) is 5.97. The summed E-state index contributed by atoms with van der Waals surface area (Å²) in [4.78, 5) is 0. The first-order chi connectivity index (χ1) is 7.53. The molecule has 1 aromatic rings. The van der Waals surface area contributed by atoms with Crippen molar-refractivity contribution in [3.05, 3.63) is 18.0 Å². The third kappa shape index (κ3) is 3.34. The first-order valence-electron chi connectivity index (χ1n) is 6.29. The van der Waals surface area contributed by atoms with Gasteiger partial charge in [-0.25, -0.2) is 0 Å². The Morgan fingerprint density at radius 3 is 2.75 bits per heavy atom. The van der Waals surface area contributed by atoms with Crippen LogP contribution >= 0.6 is 0 Å². The fourth-order valence-corrected chi connectivity index (χ4v) is 1.90. The lowest BCUT2D eigenvalue weighted by Gasteiger charge is -2.24. The minimum atomic E-state index is 0.177. The highest BCUT2D eigenvalue weighted by atomic mass is 15.3. The molecule has 1 saturated carbocycles. The Morgan fingerprint density at radius 1 is 1.44 bits per heavy atom. The highest BCUT2D eigenvalue weighted by molar-refractivity contribution is 5.04. The molecular weight excluding hydrogens is 198 g/mol. The molecular formula is C13H23N3. The molecule has 1 N–H and O–H groups in total. The lowest BCUT2D eigenvalue weighted by Crippen LogP contribution is -2.34. The molecule has 3 nitrogen and oxygen atoms in total. The molecule has 0 bridgehead atoms. The molecule has 0 radical (unpaired) electrons. The largest absolute Gasteiger partial charge is 0.308 e. The molecule has 0 spiro atoms. The highest BCUT2D eigenvalue weighted by Gasteiger charge is 2.18. The summed E-state index contributed by atoms with van der Waals surface area (Å²) in [5.74, 6) is 0.878. The van der Waals surface area contributed by atoms with Crippen LogP contribution in [-0.4, -0.2) is 15.3 Å². The number of nitrogens with zero attached hydrogens (tertiary/aromatic N) is 2. The van der Waals surface area contributed by atoms with Gasteiger partial charge in [0.1, 0.15) is 0 Å². The van der Waals surface area contributed by atoms with Gasteiger partial charge in [0.05, 0.1) is 6.20 Å². The predicted octanol–water partition coefficient (Wildman–Crippen LogP) is 2.57. The molecule has 0 atom stereocenters. The summed E-state index contributed by atoms with van der Waals surface area (Å²) in [6.07, 6.45) is 8.34. The van der Waals surface area contributed by atoms with E-state index in [1.165, 1.54) is 24.8 Å². The highest BCUT2D eigenvalue weighted by Crippen LogP contribution is 2.27. The van der Waals surface area contributed by atoms with Crippen molar-refractivity contribution in [1.82, 2.24) is 15.1 Å². The maximum absolute atomic E-state index is 4.42. The van der Waals surface area contributed by atoms with Gasteiger partial charge in [-0.05, 0) is 39.5 Å². The summed E-state index contributed by atoms with van der Waals surface area (Å²) < 4.78 is 2.10. The van der Waals surface area contributed by atoms with E-state index < -0.39 is 0 Å². The Morgan fingerprint density at radius 2 is 2.19 bits per heavy atom. The summed E-state index contributed by atoms with van der Waals surface area (Å²) in [6, 6.07) is 0. The van der Waals surface area contributed by atoms with Crippen molar-refractivity contribution in [2.24, 2.45) is 5.92 Å². The van der Waals surface area contributed by atoms with Gasteiger partial charge in [-0.2, -0.15) is 5.10 Å². The second kappa shape index (κ2) is 4.58. The van der Waals surface area contributed by atoms with Gasteiger partial charge >= 0.3 is 0 Å². The molecule has 1 aromatic heterocycles. The van der Waals surface area contributed by atoms with E-state index in [4.69, 9.17) is 0 Å². The predicted molar refractivity (Wildman–Crippen MR) is 66.2 cm³/mol. The van der Waals surface area contributed by atoms with Crippen LogP contribution in [0.5, 0.6) is 0 Å². The van der Waals surface area contributed by atoms with Gasteiger partial charge in [-0.3, -0.25) is 4.68 Å². The molecule has 1 aliphatic carbocycles. The molecule has 0 unspecified atom stereocenters. The number of nitrogens with one attached hydrogen (secondary N) is 1. The lowest BCUT2D eigenvalue weighted by atomic mass is 9.85. The smallest absolute Gasteiger partial charge is 0.0534 e. The topological polar surface area (TPSA) is 29.9 Å².